The highest BCUT2D eigenvalue weighted by molar-refractivity contribution is 7.92. The molecule has 168 valence electrons. The molecule has 0 saturated heterocycles. The first-order valence-electron chi connectivity index (χ1n) is 10.3. The molecule has 0 saturated carbocycles. The number of likely N-dealkylation sites (N-methyl/N-ethyl adjacent to an activating group) is 1. The summed E-state index contributed by atoms with van der Waals surface area (Å²) in [6, 6.07) is 15.5. The van der Waals surface area contributed by atoms with Crippen LogP contribution in [0.15, 0.2) is 54.6 Å². The molecule has 0 fully saturated rings. The molecule has 0 radical (unpaired) electrons. The molecule has 0 aromatic heterocycles. The predicted molar refractivity (Wildman–Crippen MR) is 123 cm³/mol. The van der Waals surface area contributed by atoms with Gasteiger partial charge in [-0.2, -0.15) is 0 Å². The third kappa shape index (κ3) is 6.82. The summed E-state index contributed by atoms with van der Waals surface area (Å²) in [6.45, 7) is 5.89. The topological polar surface area (TPSA) is 86.8 Å². The van der Waals surface area contributed by atoms with Crippen molar-refractivity contribution in [3.05, 3.63) is 65.7 Å². The zero-order valence-corrected chi connectivity index (χ0v) is 19.4. The number of hydrogen-bond donors (Lipinski definition) is 1. The van der Waals surface area contributed by atoms with Crippen molar-refractivity contribution in [2.45, 2.75) is 39.8 Å². The Balaban J connectivity index is 2.39. The second-order valence-electron chi connectivity index (χ2n) is 7.43. The molecular formula is C23H31N3O4S. The van der Waals surface area contributed by atoms with E-state index in [1.54, 1.807) is 30.3 Å². The molecule has 2 aromatic rings. The lowest BCUT2D eigenvalue weighted by molar-refractivity contribution is -0.140. The number of nitrogens with zero attached hydrogens (tertiary/aromatic N) is 2. The fourth-order valence-corrected chi connectivity index (χ4v) is 4.16. The van der Waals surface area contributed by atoms with Crippen molar-refractivity contribution in [1.82, 2.24) is 10.2 Å². The quantitative estimate of drug-likeness (QED) is 0.609. The summed E-state index contributed by atoms with van der Waals surface area (Å²) < 4.78 is 25.9. The molecule has 31 heavy (non-hydrogen) atoms. The minimum Gasteiger partial charge on any atom is -0.355 e. The Labute approximate surface area is 185 Å². The van der Waals surface area contributed by atoms with Gasteiger partial charge in [0.2, 0.25) is 21.8 Å². The van der Waals surface area contributed by atoms with Gasteiger partial charge in [0.1, 0.15) is 12.6 Å². The van der Waals surface area contributed by atoms with Gasteiger partial charge in [-0.1, -0.05) is 55.0 Å². The molecule has 8 heteroatoms. The molecule has 0 bridgehead atoms. The van der Waals surface area contributed by atoms with Crippen LogP contribution in [-0.2, 0) is 26.2 Å². The highest BCUT2D eigenvalue weighted by atomic mass is 32.2. The number of anilines is 1. The predicted octanol–water partition coefficient (Wildman–Crippen LogP) is 2.70. The Kier molecular flexibility index (Phi) is 8.62. The van der Waals surface area contributed by atoms with Crippen molar-refractivity contribution < 1.29 is 18.0 Å². The first-order valence-corrected chi connectivity index (χ1v) is 12.2. The number of hydrogen-bond acceptors (Lipinski definition) is 4. The van der Waals surface area contributed by atoms with Crippen molar-refractivity contribution in [2.75, 3.05) is 23.7 Å². The Morgan fingerprint density at radius 1 is 1.00 bits per heavy atom. The lowest BCUT2D eigenvalue weighted by Crippen LogP contribution is -2.52. The third-order valence-corrected chi connectivity index (χ3v) is 6.07. The van der Waals surface area contributed by atoms with E-state index in [9.17, 15) is 18.0 Å². The summed E-state index contributed by atoms with van der Waals surface area (Å²) in [7, 11) is -3.70. The van der Waals surface area contributed by atoms with E-state index in [0.717, 1.165) is 21.7 Å². The largest absolute Gasteiger partial charge is 0.355 e. The van der Waals surface area contributed by atoms with Crippen LogP contribution in [-0.4, -0.2) is 50.5 Å². The van der Waals surface area contributed by atoms with Gasteiger partial charge in [-0.15, -0.1) is 0 Å². The van der Waals surface area contributed by atoms with Gasteiger partial charge in [-0.3, -0.25) is 13.9 Å². The van der Waals surface area contributed by atoms with Crippen LogP contribution in [0.5, 0.6) is 0 Å². The van der Waals surface area contributed by atoms with Gasteiger partial charge < -0.3 is 10.2 Å². The van der Waals surface area contributed by atoms with Crippen molar-refractivity contribution in [3.8, 4) is 0 Å². The van der Waals surface area contributed by atoms with E-state index in [2.05, 4.69) is 5.32 Å². The normalized spacial score (nSPS) is 12.1. The molecule has 1 N–H and O–H groups in total. The van der Waals surface area contributed by atoms with E-state index in [-0.39, 0.29) is 19.0 Å². The number of para-hydroxylation sites is 1. The van der Waals surface area contributed by atoms with Crippen molar-refractivity contribution in [2.24, 2.45) is 0 Å². The average Bonchev–Trinajstić information content (AvgIpc) is 2.73. The van der Waals surface area contributed by atoms with E-state index >= 15 is 0 Å². The van der Waals surface area contributed by atoms with Gasteiger partial charge >= 0.3 is 0 Å². The van der Waals surface area contributed by atoms with E-state index in [1.807, 2.05) is 45.0 Å². The minimum absolute atomic E-state index is 0.209. The summed E-state index contributed by atoms with van der Waals surface area (Å²) in [5.41, 5.74) is 2.36. The Bertz CT molecular complexity index is 976. The number of nitrogens with one attached hydrogen (secondary N) is 1. The molecular weight excluding hydrogens is 414 g/mol. The monoisotopic (exact) mass is 445 g/mol. The lowest BCUT2D eigenvalue weighted by Gasteiger charge is -2.32. The van der Waals surface area contributed by atoms with Crippen LogP contribution >= 0.6 is 0 Å². The first-order chi connectivity index (χ1) is 14.7. The molecule has 2 aromatic carbocycles. The summed E-state index contributed by atoms with van der Waals surface area (Å²) in [4.78, 5) is 27.5. The minimum atomic E-state index is -3.70. The number of sulfonamides is 1. The molecule has 0 aliphatic carbocycles. The van der Waals surface area contributed by atoms with Gasteiger partial charge in [0.15, 0.2) is 0 Å². The number of amides is 2. The summed E-state index contributed by atoms with van der Waals surface area (Å²) in [6.07, 6.45) is 1.48. The van der Waals surface area contributed by atoms with Crippen molar-refractivity contribution in [3.63, 3.8) is 0 Å². The fraction of sp³-hybridized carbons (Fsp3) is 0.391. The Morgan fingerprint density at radius 2 is 1.61 bits per heavy atom. The number of benzene rings is 2. The number of aryl methyl sites for hydroxylation is 1. The van der Waals surface area contributed by atoms with Crippen LogP contribution in [0, 0.1) is 6.92 Å². The van der Waals surface area contributed by atoms with Crippen LogP contribution in [0.25, 0.3) is 0 Å². The maximum absolute atomic E-state index is 13.4. The van der Waals surface area contributed by atoms with Crippen LogP contribution in [0.1, 0.15) is 31.4 Å². The van der Waals surface area contributed by atoms with E-state index in [4.69, 9.17) is 0 Å². The Morgan fingerprint density at radius 3 is 2.13 bits per heavy atom. The van der Waals surface area contributed by atoms with E-state index in [1.165, 1.54) is 4.90 Å². The second kappa shape index (κ2) is 10.9. The molecule has 2 amide bonds. The summed E-state index contributed by atoms with van der Waals surface area (Å²) >= 11 is 0. The summed E-state index contributed by atoms with van der Waals surface area (Å²) in [5.74, 6) is -0.691. The molecule has 7 nitrogen and oxygen atoms in total. The SMILES string of the molecule is CCNC(=O)[C@H](CC)N(Cc1ccc(C)cc1)C(=O)CN(c1ccccc1)S(C)(=O)=O. The van der Waals surface area contributed by atoms with Gasteiger partial charge in [0, 0.05) is 13.1 Å². The fourth-order valence-electron chi connectivity index (χ4n) is 3.31. The zero-order chi connectivity index (χ0) is 23.0. The smallest absolute Gasteiger partial charge is 0.244 e. The maximum atomic E-state index is 13.4. The molecule has 1 atom stereocenters. The van der Waals surface area contributed by atoms with Gasteiger partial charge in [-0.05, 0) is 38.0 Å². The van der Waals surface area contributed by atoms with Crippen molar-refractivity contribution in [1.29, 1.82) is 0 Å². The van der Waals surface area contributed by atoms with E-state index < -0.39 is 22.0 Å². The molecule has 0 spiro atoms. The zero-order valence-electron chi connectivity index (χ0n) is 18.5. The standard InChI is InChI=1S/C23H31N3O4S/c1-5-21(23(28)24-6-2)25(16-19-14-12-18(3)13-15-19)22(27)17-26(31(4,29)30)20-10-8-7-9-11-20/h7-15,21H,5-6,16-17H2,1-4H3,(H,24,28)/t21-/m0/s1. The van der Waals surface area contributed by atoms with Crippen LogP contribution < -0.4 is 9.62 Å². The lowest BCUT2D eigenvalue weighted by atomic mass is 10.1. The highest BCUT2D eigenvalue weighted by Crippen LogP contribution is 2.19. The molecule has 2 rings (SSSR count). The van der Waals surface area contributed by atoms with Crippen LogP contribution in [0.3, 0.4) is 0 Å². The van der Waals surface area contributed by atoms with E-state index in [0.29, 0.717) is 18.7 Å². The average molecular weight is 446 g/mol. The Hall–Kier alpha value is -2.87. The summed E-state index contributed by atoms with van der Waals surface area (Å²) in [5, 5.41) is 2.78. The first kappa shape index (κ1) is 24.4. The maximum Gasteiger partial charge on any atom is 0.244 e. The highest BCUT2D eigenvalue weighted by Gasteiger charge is 2.31. The van der Waals surface area contributed by atoms with Crippen LogP contribution in [0.2, 0.25) is 0 Å². The molecule has 0 unspecified atom stereocenters. The van der Waals surface area contributed by atoms with Crippen molar-refractivity contribution >= 4 is 27.5 Å². The van der Waals surface area contributed by atoms with Crippen LogP contribution in [0.4, 0.5) is 5.69 Å². The molecule has 0 aliphatic heterocycles. The second-order valence-corrected chi connectivity index (χ2v) is 9.34. The molecule has 0 aliphatic rings. The number of carbonyl (C=O) groups is 2. The van der Waals surface area contributed by atoms with Gasteiger partial charge in [0.25, 0.3) is 0 Å². The number of rotatable bonds is 10. The number of carbonyl (C=O) groups excluding carboxylic acids is 2. The van der Waals surface area contributed by atoms with Gasteiger partial charge in [-0.25, -0.2) is 8.42 Å². The third-order valence-electron chi connectivity index (χ3n) is 4.93. The molecule has 0 heterocycles. The van der Waals surface area contributed by atoms with Gasteiger partial charge in [0.05, 0.1) is 11.9 Å².